The number of rotatable bonds is 5. The zero-order chi connectivity index (χ0) is 17.1. The minimum Gasteiger partial charge on any atom is -0.481 e. The van der Waals surface area contributed by atoms with Gasteiger partial charge in [-0.05, 0) is 6.07 Å². The fraction of sp³-hybridized carbons (Fsp3) is 0.412. The monoisotopic (exact) mass is 348 g/mol. The quantitative estimate of drug-likeness (QED) is 0.837. The molecule has 3 rings (SSSR count). The molecule has 128 valence electrons. The van der Waals surface area contributed by atoms with Crippen LogP contribution in [0.5, 0.6) is 0 Å². The molecule has 0 spiro atoms. The Morgan fingerprint density at radius 2 is 2.17 bits per heavy atom. The number of aromatic nitrogens is 1. The van der Waals surface area contributed by atoms with Gasteiger partial charge in [-0.2, -0.15) is 0 Å². The van der Waals surface area contributed by atoms with E-state index in [4.69, 9.17) is 9.84 Å². The van der Waals surface area contributed by atoms with Crippen molar-refractivity contribution < 1.29 is 19.4 Å². The summed E-state index contributed by atoms with van der Waals surface area (Å²) in [5.74, 6) is -0.656. The summed E-state index contributed by atoms with van der Waals surface area (Å²) in [7, 11) is 1.99. The van der Waals surface area contributed by atoms with Gasteiger partial charge >= 0.3 is 5.97 Å². The van der Waals surface area contributed by atoms with Gasteiger partial charge in [0.05, 0.1) is 31.4 Å². The molecular formula is C17H20N2O4S. The van der Waals surface area contributed by atoms with Crippen molar-refractivity contribution in [3.05, 3.63) is 30.5 Å². The Morgan fingerprint density at radius 3 is 2.96 bits per heavy atom. The van der Waals surface area contributed by atoms with Crippen molar-refractivity contribution in [2.45, 2.75) is 17.4 Å². The van der Waals surface area contributed by atoms with Gasteiger partial charge in [0, 0.05) is 35.6 Å². The highest BCUT2D eigenvalue weighted by Gasteiger charge is 2.29. The van der Waals surface area contributed by atoms with Crippen LogP contribution in [-0.2, 0) is 21.4 Å². The van der Waals surface area contributed by atoms with Gasteiger partial charge in [0.1, 0.15) is 0 Å². The zero-order valence-electron chi connectivity index (χ0n) is 13.5. The van der Waals surface area contributed by atoms with Crippen molar-refractivity contribution >= 4 is 34.5 Å². The molecule has 1 fully saturated rings. The molecule has 2 aromatic rings. The third-order valence-electron chi connectivity index (χ3n) is 4.17. The van der Waals surface area contributed by atoms with Crippen LogP contribution in [-0.4, -0.2) is 58.0 Å². The highest BCUT2D eigenvalue weighted by Crippen LogP contribution is 2.29. The van der Waals surface area contributed by atoms with Gasteiger partial charge in [0.25, 0.3) is 0 Å². The largest absolute Gasteiger partial charge is 0.481 e. The van der Waals surface area contributed by atoms with Gasteiger partial charge < -0.3 is 19.3 Å². The second kappa shape index (κ2) is 7.27. The van der Waals surface area contributed by atoms with E-state index in [1.807, 2.05) is 42.1 Å². The number of ether oxygens (including phenoxy) is 1. The molecule has 1 aliphatic heterocycles. The van der Waals surface area contributed by atoms with E-state index in [1.54, 1.807) is 4.90 Å². The van der Waals surface area contributed by atoms with Crippen molar-refractivity contribution in [3.63, 3.8) is 0 Å². The summed E-state index contributed by atoms with van der Waals surface area (Å²) in [5, 5.41) is 10.1. The first-order valence-electron chi connectivity index (χ1n) is 7.82. The van der Waals surface area contributed by atoms with Gasteiger partial charge in [-0.1, -0.05) is 18.2 Å². The number of thioether (sulfide) groups is 1. The summed E-state index contributed by atoms with van der Waals surface area (Å²) < 4.78 is 7.37. The Bertz CT molecular complexity index is 758. The molecule has 1 saturated heterocycles. The second-order valence-corrected chi connectivity index (χ2v) is 6.84. The normalized spacial score (nSPS) is 18.0. The number of para-hydroxylation sites is 1. The van der Waals surface area contributed by atoms with Crippen molar-refractivity contribution in [1.82, 2.24) is 9.47 Å². The average Bonchev–Trinajstić information content (AvgIpc) is 2.89. The summed E-state index contributed by atoms with van der Waals surface area (Å²) in [6, 6.07) is 7.69. The van der Waals surface area contributed by atoms with Crippen molar-refractivity contribution in [3.8, 4) is 0 Å². The number of aryl methyl sites for hydroxylation is 1. The van der Waals surface area contributed by atoms with Gasteiger partial charge in [0.2, 0.25) is 5.91 Å². The predicted octanol–water partition coefficient (Wildman–Crippen LogP) is 1.97. The summed E-state index contributed by atoms with van der Waals surface area (Å²) in [6.07, 6.45) is 1.95. The van der Waals surface area contributed by atoms with Crippen LogP contribution in [0.4, 0.5) is 0 Å². The van der Waals surface area contributed by atoms with E-state index in [2.05, 4.69) is 0 Å². The van der Waals surface area contributed by atoms with E-state index in [0.717, 1.165) is 15.8 Å². The Labute approximate surface area is 144 Å². The Hall–Kier alpha value is -1.99. The molecule has 1 N–H and O–H groups in total. The molecule has 1 aromatic carbocycles. The first-order chi connectivity index (χ1) is 11.6. The van der Waals surface area contributed by atoms with Gasteiger partial charge in [-0.15, -0.1) is 11.8 Å². The fourth-order valence-electron chi connectivity index (χ4n) is 3.00. The average molecular weight is 348 g/mol. The molecule has 1 aliphatic rings. The van der Waals surface area contributed by atoms with Crippen LogP contribution in [0.15, 0.2) is 35.4 Å². The lowest BCUT2D eigenvalue weighted by Crippen LogP contribution is -2.50. The molecule has 6 nitrogen and oxygen atoms in total. The number of amides is 1. The molecule has 24 heavy (non-hydrogen) atoms. The SMILES string of the molecule is Cn1cc(SCC(=O)N2CCOC[C@@H]2CC(=O)O)c2ccccc21. The Kier molecular flexibility index (Phi) is 5.11. The molecule has 1 atom stereocenters. The molecular weight excluding hydrogens is 328 g/mol. The lowest BCUT2D eigenvalue weighted by molar-refractivity contribution is -0.144. The number of fused-ring (bicyclic) bond motifs is 1. The number of hydrogen-bond acceptors (Lipinski definition) is 4. The minimum absolute atomic E-state index is 0.0394. The number of benzene rings is 1. The molecule has 0 unspecified atom stereocenters. The van der Waals surface area contributed by atoms with E-state index in [-0.39, 0.29) is 25.0 Å². The van der Waals surface area contributed by atoms with Gasteiger partial charge in [-0.3, -0.25) is 9.59 Å². The number of carbonyl (C=O) groups is 2. The van der Waals surface area contributed by atoms with Crippen LogP contribution in [0.1, 0.15) is 6.42 Å². The van der Waals surface area contributed by atoms with E-state index in [1.165, 1.54) is 11.8 Å². The summed E-state index contributed by atoms with van der Waals surface area (Å²) in [4.78, 5) is 26.2. The predicted molar refractivity (Wildman–Crippen MR) is 92.2 cm³/mol. The highest BCUT2D eigenvalue weighted by atomic mass is 32.2. The molecule has 0 aliphatic carbocycles. The van der Waals surface area contributed by atoms with Crippen LogP contribution in [0.25, 0.3) is 10.9 Å². The molecule has 1 amide bonds. The fourth-order valence-corrected chi connectivity index (χ4v) is 4.00. The minimum atomic E-state index is -0.912. The number of carboxylic acid groups (broad SMARTS) is 1. The number of nitrogens with zero attached hydrogens (tertiary/aromatic N) is 2. The van der Waals surface area contributed by atoms with Crippen LogP contribution in [0, 0.1) is 0 Å². The topological polar surface area (TPSA) is 71.8 Å². The van der Waals surface area contributed by atoms with Crippen LogP contribution in [0.2, 0.25) is 0 Å². The molecule has 2 heterocycles. The van der Waals surface area contributed by atoms with E-state index in [9.17, 15) is 9.59 Å². The van der Waals surface area contributed by atoms with E-state index >= 15 is 0 Å². The maximum absolute atomic E-state index is 12.6. The summed E-state index contributed by atoms with van der Waals surface area (Å²) >= 11 is 1.49. The Balaban J connectivity index is 1.68. The molecule has 0 radical (unpaired) electrons. The lowest BCUT2D eigenvalue weighted by Gasteiger charge is -2.34. The van der Waals surface area contributed by atoms with Gasteiger partial charge in [-0.25, -0.2) is 0 Å². The van der Waals surface area contributed by atoms with Crippen molar-refractivity contribution in [2.75, 3.05) is 25.5 Å². The van der Waals surface area contributed by atoms with Crippen molar-refractivity contribution in [2.24, 2.45) is 7.05 Å². The van der Waals surface area contributed by atoms with Crippen LogP contribution in [0.3, 0.4) is 0 Å². The van der Waals surface area contributed by atoms with E-state index in [0.29, 0.717) is 18.9 Å². The number of hydrogen-bond donors (Lipinski definition) is 1. The zero-order valence-corrected chi connectivity index (χ0v) is 14.3. The summed E-state index contributed by atoms with van der Waals surface area (Å²) in [5.41, 5.74) is 1.13. The van der Waals surface area contributed by atoms with Crippen molar-refractivity contribution in [1.29, 1.82) is 0 Å². The Morgan fingerprint density at radius 1 is 1.38 bits per heavy atom. The molecule has 0 saturated carbocycles. The maximum Gasteiger partial charge on any atom is 0.305 e. The molecule has 1 aromatic heterocycles. The standard InChI is InChI=1S/C17H20N2O4S/c1-18-9-15(13-4-2-3-5-14(13)18)24-11-16(20)19-6-7-23-10-12(19)8-17(21)22/h2-5,9,12H,6-8,10-11H2,1H3,(H,21,22)/t12-/m0/s1. The first-order valence-corrected chi connectivity index (χ1v) is 8.80. The van der Waals surface area contributed by atoms with Crippen LogP contribution < -0.4 is 0 Å². The number of aliphatic carboxylic acids is 1. The third-order valence-corrected chi connectivity index (χ3v) is 5.20. The number of carboxylic acids is 1. The smallest absolute Gasteiger partial charge is 0.305 e. The first kappa shape index (κ1) is 16.9. The molecule has 0 bridgehead atoms. The highest BCUT2D eigenvalue weighted by molar-refractivity contribution is 8.00. The number of morpholine rings is 1. The lowest BCUT2D eigenvalue weighted by atomic mass is 10.1. The summed E-state index contributed by atoms with van der Waals surface area (Å²) in [6.45, 7) is 1.20. The van der Waals surface area contributed by atoms with Gasteiger partial charge in [0.15, 0.2) is 0 Å². The number of carbonyl (C=O) groups excluding carboxylic acids is 1. The maximum atomic E-state index is 12.6. The molecule has 7 heteroatoms. The van der Waals surface area contributed by atoms with E-state index < -0.39 is 5.97 Å². The third kappa shape index (κ3) is 3.57. The van der Waals surface area contributed by atoms with Crippen LogP contribution >= 0.6 is 11.8 Å². The second-order valence-electron chi connectivity index (χ2n) is 5.82.